The van der Waals surface area contributed by atoms with Gasteiger partial charge >= 0.3 is 0 Å². The summed E-state index contributed by atoms with van der Waals surface area (Å²) in [6, 6.07) is 0. The summed E-state index contributed by atoms with van der Waals surface area (Å²) in [5.74, 6) is -0.0320. The van der Waals surface area contributed by atoms with Gasteiger partial charge in [0.05, 0.1) is 18.1 Å². The van der Waals surface area contributed by atoms with Crippen molar-refractivity contribution in [3.8, 4) is 0 Å². The molecule has 3 heteroatoms. The van der Waals surface area contributed by atoms with E-state index in [4.69, 9.17) is 4.74 Å². The minimum Gasteiger partial charge on any atom is -0.550 e. The fourth-order valence-corrected chi connectivity index (χ4v) is 3.41. The van der Waals surface area contributed by atoms with Crippen LogP contribution in [0.4, 0.5) is 0 Å². The Bertz CT molecular complexity index is 262. The van der Waals surface area contributed by atoms with Crippen LogP contribution in [0.25, 0.3) is 0 Å². The third kappa shape index (κ3) is 1.86. The molecule has 0 N–H and O–H groups in total. The number of carboxylic acids is 1. The second kappa shape index (κ2) is 4.36. The Morgan fingerprint density at radius 1 is 1.31 bits per heavy atom. The van der Waals surface area contributed by atoms with Gasteiger partial charge in [0.25, 0.3) is 0 Å². The van der Waals surface area contributed by atoms with E-state index < -0.39 is 5.97 Å². The van der Waals surface area contributed by atoms with E-state index in [2.05, 4.69) is 13.8 Å². The van der Waals surface area contributed by atoms with Crippen molar-refractivity contribution in [2.75, 3.05) is 6.61 Å². The third-order valence-corrected chi connectivity index (χ3v) is 4.55. The molecule has 1 spiro atoms. The summed E-state index contributed by atoms with van der Waals surface area (Å²) in [6.07, 6.45) is 5.32. The van der Waals surface area contributed by atoms with Crippen LogP contribution in [0.3, 0.4) is 0 Å². The molecule has 16 heavy (non-hydrogen) atoms. The van der Waals surface area contributed by atoms with Crippen LogP contribution in [0.15, 0.2) is 0 Å². The molecule has 1 heterocycles. The van der Waals surface area contributed by atoms with E-state index >= 15 is 0 Å². The summed E-state index contributed by atoms with van der Waals surface area (Å²) in [4.78, 5) is 11.1. The summed E-state index contributed by atoms with van der Waals surface area (Å²) >= 11 is 0. The van der Waals surface area contributed by atoms with E-state index in [0.717, 1.165) is 25.7 Å². The lowest BCUT2D eigenvalue weighted by molar-refractivity contribution is -0.340. The average Bonchev–Trinajstić information content (AvgIpc) is 2.26. The van der Waals surface area contributed by atoms with Crippen LogP contribution in [0, 0.1) is 17.8 Å². The lowest BCUT2D eigenvalue weighted by atomic mass is 9.63. The molecule has 0 aromatic carbocycles. The van der Waals surface area contributed by atoms with E-state index in [1.54, 1.807) is 0 Å². The second-order valence-corrected chi connectivity index (χ2v) is 5.44. The van der Waals surface area contributed by atoms with Gasteiger partial charge in [0, 0.05) is 5.97 Å². The van der Waals surface area contributed by atoms with Crippen molar-refractivity contribution in [1.82, 2.24) is 0 Å². The van der Waals surface area contributed by atoms with Gasteiger partial charge in [0.2, 0.25) is 0 Å². The van der Waals surface area contributed by atoms with Gasteiger partial charge in [-0.3, -0.25) is 0 Å². The van der Waals surface area contributed by atoms with Crippen LogP contribution < -0.4 is 5.11 Å². The molecule has 0 radical (unpaired) electrons. The molecule has 3 nitrogen and oxygen atoms in total. The molecule has 3 unspecified atom stereocenters. The molecule has 2 rings (SSSR count). The highest BCUT2D eigenvalue weighted by molar-refractivity contribution is 5.70. The molecule has 1 aliphatic heterocycles. The fraction of sp³-hybridized carbons (Fsp3) is 0.923. The minimum atomic E-state index is -0.919. The Balaban J connectivity index is 2.11. The van der Waals surface area contributed by atoms with Crippen molar-refractivity contribution in [2.24, 2.45) is 17.8 Å². The summed E-state index contributed by atoms with van der Waals surface area (Å²) in [6.45, 7) is 4.72. The Labute approximate surface area is 97.2 Å². The van der Waals surface area contributed by atoms with Crippen molar-refractivity contribution in [3.05, 3.63) is 0 Å². The first-order valence-corrected chi connectivity index (χ1v) is 6.46. The summed E-state index contributed by atoms with van der Waals surface area (Å²) in [5, 5.41) is 11.1. The molecule has 3 atom stereocenters. The predicted octanol–water partition coefficient (Wildman–Crippen LogP) is 1.36. The van der Waals surface area contributed by atoms with Crippen LogP contribution in [0.2, 0.25) is 0 Å². The maximum atomic E-state index is 11.1. The lowest BCUT2D eigenvalue weighted by Gasteiger charge is -2.55. The van der Waals surface area contributed by atoms with Crippen LogP contribution in [-0.2, 0) is 9.53 Å². The van der Waals surface area contributed by atoms with Crippen molar-refractivity contribution in [1.29, 1.82) is 0 Å². The highest BCUT2D eigenvalue weighted by Crippen LogP contribution is 2.49. The van der Waals surface area contributed by atoms with Gasteiger partial charge in [-0.1, -0.05) is 26.7 Å². The van der Waals surface area contributed by atoms with E-state index in [1.165, 1.54) is 6.42 Å². The van der Waals surface area contributed by atoms with Crippen molar-refractivity contribution >= 4 is 5.97 Å². The molecule has 0 aromatic rings. The van der Waals surface area contributed by atoms with E-state index in [1.807, 2.05) is 0 Å². The number of carboxylic acid groups (broad SMARTS) is 1. The highest BCUT2D eigenvalue weighted by Gasteiger charge is 2.52. The number of rotatable bonds is 3. The van der Waals surface area contributed by atoms with E-state index in [0.29, 0.717) is 18.4 Å². The molecule has 92 valence electrons. The van der Waals surface area contributed by atoms with Gasteiger partial charge in [0.15, 0.2) is 0 Å². The van der Waals surface area contributed by atoms with Crippen molar-refractivity contribution in [3.63, 3.8) is 0 Å². The average molecular weight is 225 g/mol. The van der Waals surface area contributed by atoms with Gasteiger partial charge < -0.3 is 14.6 Å². The van der Waals surface area contributed by atoms with Crippen molar-refractivity contribution in [2.45, 2.75) is 51.6 Å². The molecular formula is C13H21O3-. The Hall–Kier alpha value is -0.570. The van der Waals surface area contributed by atoms with E-state index in [-0.39, 0.29) is 11.5 Å². The van der Waals surface area contributed by atoms with Crippen LogP contribution >= 0.6 is 0 Å². The smallest absolute Gasteiger partial charge is 0.0790 e. The fourth-order valence-electron chi connectivity index (χ4n) is 3.41. The summed E-state index contributed by atoms with van der Waals surface area (Å²) < 4.78 is 5.68. The molecule has 1 aliphatic carbocycles. The zero-order chi connectivity index (χ0) is 11.8. The number of hydrogen-bond acceptors (Lipinski definition) is 3. The number of carbonyl (C=O) groups excluding carboxylic acids is 1. The normalized spacial score (nSPS) is 43.0. The zero-order valence-corrected chi connectivity index (χ0v) is 10.2. The topological polar surface area (TPSA) is 49.4 Å². The zero-order valence-electron chi connectivity index (χ0n) is 10.2. The first-order chi connectivity index (χ1) is 7.61. The number of carbonyl (C=O) groups is 1. The van der Waals surface area contributed by atoms with Crippen LogP contribution in [-0.4, -0.2) is 18.2 Å². The number of aliphatic carboxylic acids is 1. The number of hydrogen-bond donors (Lipinski definition) is 0. The Morgan fingerprint density at radius 3 is 2.19 bits per heavy atom. The maximum absolute atomic E-state index is 11.1. The Kier molecular flexibility index (Phi) is 3.24. The SMILES string of the molecule is CCC1CC(CC)CC2(C1)OCC2C(=O)[O-]. The largest absolute Gasteiger partial charge is 0.550 e. The highest BCUT2D eigenvalue weighted by atomic mass is 16.5. The number of ether oxygens (including phenoxy) is 1. The second-order valence-electron chi connectivity index (χ2n) is 5.44. The summed E-state index contributed by atoms with van der Waals surface area (Å²) in [5.41, 5.74) is -0.377. The molecule has 1 saturated carbocycles. The first-order valence-electron chi connectivity index (χ1n) is 6.46. The maximum Gasteiger partial charge on any atom is 0.0790 e. The van der Waals surface area contributed by atoms with Crippen molar-refractivity contribution < 1.29 is 14.6 Å². The minimum absolute atomic E-state index is 0.356. The predicted molar refractivity (Wildman–Crippen MR) is 58.6 cm³/mol. The van der Waals surface area contributed by atoms with Crippen LogP contribution in [0.1, 0.15) is 46.0 Å². The lowest BCUT2D eigenvalue weighted by Crippen LogP contribution is -2.63. The Morgan fingerprint density at radius 2 is 1.88 bits per heavy atom. The van der Waals surface area contributed by atoms with Crippen LogP contribution in [0.5, 0.6) is 0 Å². The van der Waals surface area contributed by atoms with Gasteiger partial charge in [0.1, 0.15) is 0 Å². The van der Waals surface area contributed by atoms with Gasteiger partial charge in [-0.15, -0.1) is 0 Å². The van der Waals surface area contributed by atoms with Gasteiger partial charge in [-0.05, 0) is 31.1 Å². The molecular weight excluding hydrogens is 204 g/mol. The molecule has 2 aliphatic rings. The van der Waals surface area contributed by atoms with Gasteiger partial charge in [-0.25, -0.2) is 0 Å². The standard InChI is InChI=1S/C13H22O3/c1-3-9-5-10(4-2)7-13(6-9)11(8-16-13)12(14)15/h9-11H,3-8H2,1-2H3,(H,14,15)/p-1. The molecule has 0 amide bonds. The molecule has 2 fully saturated rings. The first kappa shape index (κ1) is 11.9. The molecule has 0 aromatic heterocycles. The monoisotopic (exact) mass is 225 g/mol. The molecule has 1 saturated heterocycles. The quantitative estimate of drug-likeness (QED) is 0.728. The van der Waals surface area contributed by atoms with E-state index in [9.17, 15) is 9.90 Å². The molecule has 0 bridgehead atoms. The van der Waals surface area contributed by atoms with Gasteiger partial charge in [-0.2, -0.15) is 0 Å². The third-order valence-electron chi connectivity index (χ3n) is 4.55. The summed E-state index contributed by atoms with van der Waals surface area (Å²) in [7, 11) is 0.